The smallest absolute Gasteiger partial charge is 0.0443 e. The van der Waals surface area contributed by atoms with Crippen LogP contribution in [-0.4, -0.2) is 6.72 Å². The van der Waals surface area contributed by atoms with E-state index in [4.69, 9.17) is 11.6 Å². The maximum Gasteiger partial charge on any atom is 0.0443 e. The van der Waals surface area contributed by atoms with Crippen molar-refractivity contribution in [2.24, 2.45) is 4.99 Å². The van der Waals surface area contributed by atoms with Gasteiger partial charge in [0.15, 0.2) is 0 Å². The molecule has 1 rings (SSSR count). The van der Waals surface area contributed by atoms with E-state index in [0.717, 1.165) is 30.0 Å². The quantitative estimate of drug-likeness (QED) is 0.563. The first-order chi connectivity index (χ1) is 5.29. The molecule has 0 amide bonds. The molecule has 1 nitrogen and oxygen atoms in total. The molecule has 0 unspecified atom stereocenters. The third kappa shape index (κ3) is 1.72. The van der Waals surface area contributed by atoms with E-state index in [-0.39, 0.29) is 0 Å². The summed E-state index contributed by atoms with van der Waals surface area (Å²) >= 11 is 5.96. The lowest BCUT2D eigenvalue weighted by Crippen LogP contribution is -1.80. The summed E-state index contributed by atoms with van der Waals surface area (Å²) in [7, 11) is 0. The molecule has 1 aliphatic rings. The molecule has 0 aromatic carbocycles. The number of halogens is 1. The van der Waals surface area contributed by atoms with Crippen LogP contribution in [0.1, 0.15) is 26.2 Å². The second-order valence-electron chi connectivity index (χ2n) is 2.57. The average Bonchev–Trinajstić information content (AvgIpc) is 2.50. The molecule has 0 heterocycles. The number of aliphatic imine (C=N–C) groups is 1. The highest BCUT2D eigenvalue weighted by molar-refractivity contribution is 6.32. The van der Waals surface area contributed by atoms with E-state index < -0.39 is 0 Å². The molecule has 0 saturated heterocycles. The van der Waals surface area contributed by atoms with Gasteiger partial charge in [-0.05, 0) is 38.5 Å². The Balaban J connectivity index is 2.91. The predicted octanol–water partition coefficient (Wildman–Crippen LogP) is 3.27. The normalized spacial score (nSPS) is 19.3. The minimum atomic E-state index is 0.838. The van der Waals surface area contributed by atoms with Crippen LogP contribution >= 0.6 is 11.6 Å². The minimum absolute atomic E-state index is 0.838. The molecule has 0 N–H and O–H groups in total. The van der Waals surface area contributed by atoms with Gasteiger partial charge in [-0.2, -0.15) is 0 Å². The van der Waals surface area contributed by atoms with E-state index in [1.54, 1.807) is 0 Å². The Morgan fingerprint density at radius 1 is 1.64 bits per heavy atom. The molecule has 0 aliphatic heterocycles. The zero-order valence-corrected chi connectivity index (χ0v) is 7.49. The molecule has 1 aliphatic carbocycles. The molecule has 0 saturated carbocycles. The van der Waals surface area contributed by atoms with Crippen molar-refractivity contribution in [2.45, 2.75) is 26.2 Å². The first-order valence-electron chi connectivity index (χ1n) is 3.80. The van der Waals surface area contributed by atoms with E-state index >= 15 is 0 Å². The number of hydrogen-bond acceptors (Lipinski definition) is 1. The fraction of sp³-hybridized carbons (Fsp3) is 0.444. The highest BCUT2D eigenvalue weighted by Gasteiger charge is 2.14. The third-order valence-corrected chi connectivity index (χ3v) is 2.37. The van der Waals surface area contributed by atoms with Crippen molar-refractivity contribution >= 4 is 18.3 Å². The lowest BCUT2D eigenvalue weighted by molar-refractivity contribution is 0.894. The van der Waals surface area contributed by atoms with Gasteiger partial charge in [-0.1, -0.05) is 17.7 Å². The molecule has 60 valence electrons. The molecule has 0 atom stereocenters. The summed E-state index contributed by atoms with van der Waals surface area (Å²) in [6.07, 6.45) is 5.15. The summed E-state index contributed by atoms with van der Waals surface area (Å²) in [6.45, 7) is 5.45. The molecule has 2 heteroatoms. The Bertz CT molecular complexity index is 226. The molecule has 0 spiro atoms. The van der Waals surface area contributed by atoms with Crippen LogP contribution in [0.2, 0.25) is 0 Å². The van der Waals surface area contributed by atoms with E-state index in [9.17, 15) is 0 Å². The highest BCUT2D eigenvalue weighted by atomic mass is 35.5. The van der Waals surface area contributed by atoms with Gasteiger partial charge in [0.1, 0.15) is 0 Å². The van der Waals surface area contributed by atoms with Crippen LogP contribution < -0.4 is 0 Å². The van der Waals surface area contributed by atoms with Crippen molar-refractivity contribution in [2.75, 3.05) is 0 Å². The molecule has 0 bridgehead atoms. The van der Waals surface area contributed by atoms with Gasteiger partial charge in [0, 0.05) is 10.7 Å². The first kappa shape index (κ1) is 8.54. The second-order valence-corrected chi connectivity index (χ2v) is 2.98. The van der Waals surface area contributed by atoms with Crippen LogP contribution in [0, 0.1) is 0 Å². The number of rotatable bonds is 2. The van der Waals surface area contributed by atoms with Crippen LogP contribution in [0.5, 0.6) is 0 Å². The van der Waals surface area contributed by atoms with Crippen molar-refractivity contribution < 1.29 is 0 Å². The third-order valence-electron chi connectivity index (χ3n) is 1.92. The molecule has 0 aromatic rings. The van der Waals surface area contributed by atoms with Gasteiger partial charge in [-0.25, -0.2) is 0 Å². The summed E-state index contributed by atoms with van der Waals surface area (Å²) in [4.78, 5) is 3.94. The molecule has 0 radical (unpaired) electrons. The Morgan fingerprint density at radius 2 is 2.36 bits per heavy atom. The van der Waals surface area contributed by atoms with E-state index in [1.807, 2.05) is 13.0 Å². The van der Waals surface area contributed by atoms with Crippen LogP contribution in [0.4, 0.5) is 0 Å². The summed E-state index contributed by atoms with van der Waals surface area (Å²) in [6, 6.07) is 0. The summed E-state index contributed by atoms with van der Waals surface area (Å²) in [5.74, 6) is 0. The number of allylic oxidation sites excluding steroid dienone is 4. The highest BCUT2D eigenvalue weighted by Crippen LogP contribution is 2.33. The predicted molar refractivity (Wildman–Crippen MR) is 50.0 cm³/mol. The van der Waals surface area contributed by atoms with Gasteiger partial charge >= 0.3 is 0 Å². The zero-order valence-electron chi connectivity index (χ0n) is 6.73. The van der Waals surface area contributed by atoms with Gasteiger partial charge in [0.05, 0.1) is 0 Å². The van der Waals surface area contributed by atoms with Gasteiger partial charge in [-0.3, -0.25) is 4.99 Å². The van der Waals surface area contributed by atoms with E-state index in [0.29, 0.717) is 0 Å². The van der Waals surface area contributed by atoms with Gasteiger partial charge in [0.2, 0.25) is 0 Å². The summed E-state index contributed by atoms with van der Waals surface area (Å²) in [5, 5.41) is 0.838. The van der Waals surface area contributed by atoms with Crippen LogP contribution in [0.15, 0.2) is 27.4 Å². The molecular weight excluding hydrogens is 158 g/mol. The fourth-order valence-corrected chi connectivity index (χ4v) is 1.54. The fourth-order valence-electron chi connectivity index (χ4n) is 1.33. The second kappa shape index (κ2) is 3.72. The van der Waals surface area contributed by atoms with Crippen molar-refractivity contribution in [1.29, 1.82) is 0 Å². The van der Waals surface area contributed by atoms with Crippen molar-refractivity contribution in [3.8, 4) is 0 Å². The lowest BCUT2D eigenvalue weighted by atomic mass is 10.2. The van der Waals surface area contributed by atoms with Crippen molar-refractivity contribution in [3.63, 3.8) is 0 Å². The Kier molecular flexibility index (Phi) is 2.89. The maximum absolute atomic E-state index is 5.96. The topological polar surface area (TPSA) is 12.4 Å². The monoisotopic (exact) mass is 169 g/mol. The number of nitrogens with zero attached hydrogens (tertiary/aromatic N) is 1. The van der Waals surface area contributed by atoms with Crippen LogP contribution in [0.3, 0.4) is 0 Å². The molecule has 11 heavy (non-hydrogen) atoms. The Labute approximate surface area is 72.5 Å². The molecule has 0 fully saturated rings. The van der Waals surface area contributed by atoms with Crippen molar-refractivity contribution in [1.82, 2.24) is 0 Å². The SMILES string of the molecule is C=NC1=C(/C(Cl)=C\C)CCC1. The number of hydrogen-bond donors (Lipinski definition) is 0. The standard InChI is InChI=1S/C9H12ClN/c1-3-8(10)7-5-4-6-9(7)11-2/h3H,2,4-6H2,1H3/b8-3+. The van der Waals surface area contributed by atoms with Crippen molar-refractivity contribution in [3.05, 3.63) is 22.4 Å². The zero-order chi connectivity index (χ0) is 8.27. The summed E-state index contributed by atoms with van der Waals surface area (Å²) in [5.41, 5.74) is 2.26. The molecular formula is C9H12ClN. The summed E-state index contributed by atoms with van der Waals surface area (Å²) < 4.78 is 0. The lowest BCUT2D eigenvalue weighted by Gasteiger charge is -1.99. The first-order valence-corrected chi connectivity index (χ1v) is 4.18. The molecule has 0 aromatic heterocycles. The van der Waals surface area contributed by atoms with E-state index in [1.165, 1.54) is 5.57 Å². The van der Waals surface area contributed by atoms with Gasteiger partial charge < -0.3 is 0 Å². The largest absolute Gasteiger partial charge is 0.269 e. The van der Waals surface area contributed by atoms with E-state index in [2.05, 4.69) is 11.7 Å². The van der Waals surface area contributed by atoms with Gasteiger partial charge in [-0.15, -0.1) is 0 Å². The van der Waals surface area contributed by atoms with Crippen LogP contribution in [-0.2, 0) is 0 Å². The maximum atomic E-state index is 5.96. The Hall–Kier alpha value is -0.560. The minimum Gasteiger partial charge on any atom is -0.269 e. The Morgan fingerprint density at radius 3 is 2.91 bits per heavy atom. The van der Waals surface area contributed by atoms with Crippen LogP contribution in [0.25, 0.3) is 0 Å². The average molecular weight is 170 g/mol. The van der Waals surface area contributed by atoms with Gasteiger partial charge in [0.25, 0.3) is 0 Å².